The number of nitrogens with zero attached hydrogens (tertiary/aromatic N) is 2. The summed E-state index contributed by atoms with van der Waals surface area (Å²) in [4.78, 5) is 27.1. The lowest BCUT2D eigenvalue weighted by Gasteiger charge is -2.09. The molecule has 1 amide bonds. The molecule has 2 heterocycles. The van der Waals surface area contributed by atoms with Crippen LogP contribution in [0.5, 0.6) is 0 Å². The highest BCUT2D eigenvalue weighted by Crippen LogP contribution is 2.28. The van der Waals surface area contributed by atoms with Gasteiger partial charge in [-0.2, -0.15) is 0 Å². The summed E-state index contributed by atoms with van der Waals surface area (Å²) in [5, 5.41) is 12.0. The fourth-order valence-corrected chi connectivity index (χ4v) is 3.34. The molecule has 1 aliphatic rings. The number of aromatic nitrogens is 2. The number of carboxylic acids is 1. The molecule has 6 nitrogen and oxygen atoms in total. The van der Waals surface area contributed by atoms with Crippen LogP contribution in [0.25, 0.3) is 22.4 Å². The molecule has 0 spiro atoms. The smallest absolute Gasteiger partial charge is 0.335 e. The molecular weight excluding hydrogens is 318 g/mol. The molecule has 0 bridgehead atoms. The van der Waals surface area contributed by atoms with E-state index in [1.807, 2.05) is 35.9 Å². The van der Waals surface area contributed by atoms with E-state index in [4.69, 9.17) is 5.11 Å². The lowest BCUT2D eigenvalue weighted by molar-refractivity contribution is -0.119. The van der Waals surface area contributed by atoms with E-state index in [2.05, 4.69) is 10.3 Å². The van der Waals surface area contributed by atoms with Crippen molar-refractivity contribution in [2.45, 2.75) is 12.3 Å². The maximum atomic E-state index is 11.4. The van der Waals surface area contributed by atoms with E-state index >= 15 is 0 Å². The number of carboxylic acid groups (broad SMARTS) is 1. The van der Waals surface area contributed by atoms with Crippen LogP contribution in [0.2, 0.25) is 0 Å². The molecule has 0 saturated carbocycles. The van der Waals surface area contributed by atoms with Crippen LogP contribution in [0.3, 0.4) is 0 Å². The lowest BCUT2D eigenvalue weighted by Crippen LogP contribution is -2.13. The van der Waals surface area contributed by atoms with Gasteiger partial charge < -0.3 is 15.0 Å². The topological polar surface area (TPSA) is 84.2 Å². The molecule has 0 radical (unpaired) electrons. The van der Waals surface area contributed by atoms with Crippen LogP contribution in [-0.4, -0.2) is 33.1 Å². The second kappa shape index (κ2) is 5.73. The fraction of sp³-hybridized carbons (Fsp3) is 0.211. The Balaban J connectivity index is 1.70. The number of carbonyl (C=O) groups is 2. The van der Waals surface area contributed by atoms with Crippen LogP contribution in [0.15, 0.2) is 42.5 Å². The molecule has 1 atom stereocenters. The molecule has 4 rings (SSSR count). The highest BCUT2D eigenvalue weighted by Gasteiger charge is 2.23. The summed E-state index contributed by atoms with van der Waals surface area (Å²) in [5.74, 6) is 0.140. The molecule has 2 N–H and O–H groups in total. The average Bonchev–Trinajstić information content (AvgIpc) is 3.18. The Morgan fingerprint density at radius 2 is 2.00 bits per heavy atom. The zero-order valence-corrected chi connectivity index (χ0v) is 13.7. The Morgan fingerprint density at radius 1 is 1.24 bits per heavy atom. The molecule has 2 aromatic carbocycles. The SMILES string of the molecule is Cn1c(-c2ccc(C3CNC(=O)C3)cc2)nc2cc(C(=O)O)ccc21. The molecule has 25 heavy (non-hydrogen) atoms. The molecule has 1 aliphatic heterocycles. The Morgan fingerprint density at radius 3 is 2.64 bits per heavy atom. The minimum atomic E-state index is -0.960. The van der Waals surface area contributed by atoms with Crippen LogP contribution >= 0.6 is 0 Å². The second-order valence-electron chi connectivity index (χ2n) is 6.33. The molecule has 126 valence electrons. The maximum Gasteiger partial charge on any atom is 0.335 e. The number of carbonyl (C=O) groups excluding carboxylic acids is 1. The van der Waals surface area contributed by atoms with Crippen LogP contribution in [0, 0.1) is 0 Å². The fourth-order valence-electron chi connectivity index (χ4n) is 3.34. The van der Waals surface area contributed by atoms with Gasteiger partial charge in [-0.15, -0.1) is 0 Å². The summed E-state index contributed by atoms with van der Waals surface area (Å²) >= 11 is 0. The monoisotopic (exact) mass is 335 g/mol. The Labute approximate surface area is 144 Å². The van der Waals surface area contributed by atoms with E-state index in [-0.39, 0.29) is 17.4 Å². The number of benzene rings is 2. The normalized spacial score (nSPS) is 17.0. The third-order valence-electron chi connectivity index (χ3n) is 4.75. The number of rotatable bonds is 3. The Bertz CT molecular complexity index is 989. The van der Waals surface area contributed by atoms with Gasteiger partial charge in [0.25, 0.3) is 0 Å². The number of fused-ring (bicyclic) bond motifs is 1. The molecule has 3 aromatic rings. The van der Waals surface area contributed by atoms with Crippen molar-refractivity contribution in [3.63, 3.8) is 0 Å². The zero-order chi connectivity index (χ0) is 17.6. The van der Waals surface area contributed by atoms with Crippen molar-refractivity contribution >= 4 is 22.9 Å². The van der Waals surface area contributed by atoms with Gasteiger partial charge in [-0.1, -0.05) is 24.3 Å². The van der Waals surface area contributed by atoms with Crippen molar-refractivity contribution in [2.75, 3.05) is 6.54 Å². The predicted molar refractivity (Wildman–Crippen MR) is 93.5 cm³/mol. The van der Waals surface area contributed by atoms with Crippen molar-refractivity contribution in [1.29, 1.82) is 0 Å². The van der Waals surface area contributed by atoms with Crippen molar-refractivity contribution in [2.24, 2.45) is 7.05 Å². The summed E-state index contributed by atoms with van der Waals surface area (Å²) in [6.07, 6.45) is 0.531. The number of nitrogens with one attached hydrogen (secondary N) is 1. The van der Waals surface area contributed by atoms with Crippen LogP contribution in [0.4, 0.5) is 0 Å². The number of aromatic carboxylic acids is 1. The molecule has 1 aromatic heterocycles. The number of amides is 1. The van der Waals surface area contributed by atoms with Gasteiger partial charge in [0, 0.05) is 31.5 Å². The number of aryl methyl sites for hydroxylation is 1. The molecule has 0 aliphatic carbocycles. The van der Waals surface area contributed by atoms with Crippen molar-refractivity contribution in [3.8, 4) is 11.4 Å². The van der Waals surface area contributed by atoms with E-state index in [9.17, 15) is 9.59 Å². The molecule has 1 fully saturated rings. The first kappa shape index (κ1) is 15.4. The van der Waals surface area contributed by atoms with Gasteiger partial charge in [-0.05, 0) is 23.8 Å². The summed E-state index contributed by atoms with van der Waals surface area (Å²) in [5.41, 5.74) is 3.86. The lowest BCUT2D eigenvalue weighted by atomic mass is 9.97. The van der Waals surface area contributed by atoms with Gasteiger partial charge in [0.15, 0.2) is 0 Å². The minimum Gasteiger partial charge on any atom is -0.478 e. The van der Waals surface area contributed by atoms with E-state index in [1.54, 1.807) is 18.2 Å². The quantitative estimate of drug-likeness (QED) is 0.770. The first-order valence-corrected chi connectivity index (χ1v) is 8.10. The molecule has 6 heteroatoms. The van der Waals surface area contributed by atoms with Gasteiger partial charge >= 0.3 is 5.97 Å². The highest BCUT2D eigenvalue weighted by molar-refractivity contribution is 5.93. The van der Waals surface area contributed by atoms with Crippen LogP contribution in [-0.2, 0) is 11.8 Å². The third-order valence-corrected chi connectivity index (χ3v) is 4.75. The minimum absolute atomic E-state index is 0.0960. The van der Waals surface area contributed by atoms with Crippen LogP contribution in [0.1, 0.15) is 28.3 Å². The molecule has 1 saturated heterocycles. The maximum absolute atomic E-state index is 11.4. The third kappa shape index (κ3) is 2.65. The summed E-state index contributed by atoms with van der Waals surface area (Å²) in [6, 6.07) is 13.0. The summed E-state index contributed by atoms with van der Waals surface area (Å²) in [7, 11) is 1.92. The van der Waals surface area contributed by atoms with E-state index in [0.717, 1.165) is 22.5 Å². The van der Waals surface area contributed by atoms with E-state index in [0.29, 0.717) is 18.5 Å². The van der Waals surface area contributed by atoms with E-state index < -0.39 is 5.97 Å². The van der Waals surface area contributed by atoms with Gasteiger partial charge in [0.1, 0.15) is 5.82 Å². The largest absolute Gasteiger partial charge is 0.478 e. The first-order valence-electron chi connectivity index (χ1n) is 8.10. The molecule has 1 unspecified atom stereocenters. The van der Waals surface area contributed by atoms with Gasteiger partial charge in [-0.3, -0.25) is 4.79 Å². The average molecular weight is 335 g/mol. The Hall–Kier alpha value is -3.15. The van der Waals surface area contributed by atoms with Gasteiger partial charge in [0.05, 0.1) is 16.6 Å². The zero-order valence-electron chi connectivity index (χ0n) is 13.7. The summed E-state index contributed by atoms with van der Waals surface area (Å²) in [6.45, 7) is 0.683. The number of hydrogen-bond donors (Lipinski definition) is 2. The first-order chi connectivity index (χ1) is 12.0. The highest BCUT2D eigenvalue weighted by atomic mass is 16.4. The van der Waals surface area contributed by atoms with Crippen molar-refractivity contribution in [3.05, 3.63) is 53.6 Å². The Kier molecular flexibility index (Phi) is 3.53. The second-order valence-corrected chi connectivity index (χ2v) is 6.33. The summed E-state index contributed by atoms with van der Waals surface area (Å²) < 4.78 is 1.95. The standard InChI is InChI=1S/C19H17N3O3/c1-22-16-7-6-13(19(24)25)8-15(16)21-18(22)12-4-2-11(3-5-12)14-9-17(23)20-10-14/h2-8,14H,9-10H2,1H3,(H,20,23)(H,24,25). The van der Waals surface area contributed by atoms with Gasteiger partial charge in [-0.25, -0.2) is 9.78 Å². The van der Waals surface area contributed by atoms with E-state index in [1.165, 1.54) is 0 Å². The van der Waals surface area contributed by atoms with Gasteiger partial charge in [0.2, 0.25) is 5.91 Å². The molecular formula is C19H17N3O3. The predicted octanol–water partition coefficient (Wildman–Crippen LogP) is 2.54. The number of hydrogen-bond acceptors (Lipinski definition) is 3. The van der Waals surface area contributed by atoms with Crippen LogP contribution < -0.4 is 5.32 Å². The van der Waals surface area contributed by atoms with Crippen molar-refractivity contribution in [1.82, 2.24) is 14.9 Å². The number of imidazole rings is 1. The van der Waals surface area contributed by atoms with Crippen molar-refractivity contribution < 1.29 is 14.7 Å².